The van der Waals surface area contributed by atoms with Gasteiger partial charge in [-0.1, -0.05) is 12.1 Å². The zero-order valence-electron chi connectivity index (χ0n) is 16.4. The Labute approximate surface area is 183 Å². The average molecular weight is 500 g/mol. The van der Waals surface area contributed by atoms with E-state index in [1.807, 2.05) is 43.3 Å². The fourth-order valence-electron chi connectivity index (χ4n) is 2.41. The third-order valence-corrected chi connectivity index (χ3v) is 3.59. The van der Waals surface area contributed by atoms with Gasteiger partial charge < -0.3 is 25.1 Å². The predicted octanol–water partition coefficient (Wildman–Crippen LogP) is 3.52. The minimum atomic E-state index is -0.0834. The number of nitrogens with one attached hydrogen (secondary N) is 3. The molecule has 7 nitrogen and oxygen atoms in total. The van der Waals surface area contributed by atoms with Gasteiger partial charge in [-0.25, -0.2) is 4.99 Å². The molecule has 1 heterocycles. The van der Waals surface area contributed by atoms with E-state index in [9.17, 15) is 4.79 Å². The van der Waals surface area contributed by atoms with Gasteiger partial charge in [-0.05, 0) is 43.2 Å². The summed E-state index contributed by atoms with van der Waals surface area (Å²) in [5.74, 6) is 1.51. The zero-order chi connectivity index (χ0) is 19.3. The number of nitrogens with zero attached hydrogens (tertiary/aromatic N) is 1. The topological polar surface area (TPSA) is 87.9 Å². The lowest BCUT2D eigenvalue weighted by Gasteiger charge is -2.11. The van der Waals surface area contributed by atoms with Gasteiger partial charge >= 0.3 is 0 Å². The van der Waals surface area contributed by atoms with Crippen molar-refractivity contribution in [1.29, 1.82) is 0 Å². The summed E-state index contributed by atoms with van der Waals surface area (Å²) in [5.41, 5.74) is 1.81. The third-order valence-electron chi connectivity index (χ3n) is 3.59. The predicted molar refractivity (Wildman–Crippen MR) is 122 cm³/mol. The summed E-state index contributed by atoms with van der Waals surface area (Å²) in [6.45, 7) is 6.73. The van der Waals surface area contributed by atoms with Gasteiger partial charge in [-0.15, -0.1) is 24.0 Å². The molecule has 1 aromatic carbocycles. The van der Waals surface area contributed by atoms with E-state index in [1.165, 1.54) is 6.92 Å². The van der Waals surface area contributed by atoms with Crippen molar-refractivity contribution >= 4 is 41.5 Å². The molecule has 28 heavy (non-hydrogen) atoms. The molecule has 0 saturated carbocycles. The number of guanidine groups is 1. The van der Waals surface area contributed by atoms with Crippen LogP contribution in [0.25, 0.3) is 0 Å². The van der Waals surface area contributed by atoms with E-state index in [0.717, 1.165) is 42.5 Å². The Morgan fingerprint density at radius 2 is 2.07 bits per heavy atom. The van der Waals surface area contributed by atoms with Crippen LogP contribution in [-0.2, 0) is 22.7 Å². The standard InChI is InChI=1S/C20H28N4O3.HI/c1-3-21-20(22-10-6-11-26-15-19-9-5-12-27-19)23-14-17-7-4-8-18(13-17)24-16(2)25;/h4-5,7-9,12-13H,3,6,10-11,14-15H2,1-2H3,(H,24,25)(H2,21,22,23);1H. The fourth-order valence-corrected chi connectivity index (χ4v) is 2.41. The number of anilines is 1. The quantitative estimate of drug-likeness (QED) is 0.201. The van der Waals surface area contributed by atoms with Crippen molar-refractivity contribution < 1.29 is 13.9 Å². The number of halogens is 1. The molecular weight excluding hydrogens is 471 g/mol. The van der Waals surface area contributed by atoms with Crippen LogP contribution in [0, 0.1) is 0 Å². The first kappa shape index (κ1) is 24.0. The van der Waals surface area contributed by atoms with Gasteiger partial charge in [0.2, 0.25) is 5.91 Å². The highest BCUT2D eigenvalue weighted by Crippen LogP contribution is 2.11. The molecular formula is C20H29IN4O3. The summed E-state index contributed by atoms with van der Waals surface area (Å²) >= 11 is 0. The van der Waals surface area contributed by atoms with Crippen LogP contribution in [0.4, 0.5) is 5.69 Å². The second-order valence-corrected chi connectivity index (χ2v) is 5.99. The molecule has 0 aliphatic carbocycles. The molecule has 0 aliphatic heterocycles. The van der Waals surface area contributed by atoms with E-state index in [4.69, 9.17) is 9.15 Å². The van der Waals surface area contributed by atoms with Crippen LogP contribution < -0.4 is 16.0 Å². The van der Waals surface area contributed by atoms with Gasteiger partial charge in [0.1, 0.15) is 12.4 Å². The number of aliphatic imine (C=N–C) groups is 1. The summed E-state index contributed by atoms with van der Waals surface area (Å²) in [6.07, 6.45) is 2.51. The van der Waals surface area contributed by atoms with Crippen LogP contribution in [-0.4, -0.2) is 31.6 Å². The molecule has 0 fully saturated rings. The first-order valence-corrected chi connectivity index (χ1v) is 9.16. The molecule has 0 saturated heterocycles. The van der Waals surface area contributed by atoms with Gasteiger partial charge in [0.15, 0.2) is 5.96 Å². The number of amides is 1. The maximum Gasteiger partial charge on any atom is 0.221 e. The Balaban J connectivity index is 0.00000392. The number of carbonyl (C=O) groups is 1. The number of rotatable bonds is 10. The smallest absolute Gasteiger partial charge is 0.221 e. The Hall–Kier alpha value is -2.07. The van der Waals surface area contributed by atoms with Crippen LogP contribution in [0.3, 0.4) is 0 Å². The van der Waals surface area contributed by atoms with Gasteiger partial charge in [0.05, 0.1) is 12.8 Å². The van der Waals surface area contributed by atoms with Crippen LogP contribution in [0.5, 0.6) is 0 Å². The fraction of sp³-hybridized carbons (Fsp3) is 0.400. The Morgan fingerprint density at radius 3 is 2.79 bits per heavy atom. The van der Waals surface area contributed by atoms with Crippen molar-refractivity contribution in [3.63, 3.8) is 0 Å². The lowest BCUT2D eigenvalue weighted by atomic mass is 10.2. The lowest BCUT2D eigenvalue weighted by molar-refractivity contribution is -0.114. The minimum absolute atomic E-state index is 0. The van der Waals surface area contributed by atoms with E-state index >= 15 is 0 Å². The molecule has 154 valence electrons. The van der Waals surface area contributed by atoms with E-state index in [2.05, 4.69) is 20.9 Å². The highest BCUT2D eigenvalue weighted by atomic mass is 127. The van der Waals surface area contributed by atoms with Crippen molar-refractivity contribution in [3.05, 3.63) is 54.0 Å². The summed E-state index contributed by atoms with van der Waals surface area (Å²) in [4.78, 5) is 15.7. The van der Waals surface area contributed by atoms with Crippen molar-refractivity contribution in [2.45, 2.75) is 33.4 Å². The number of ether oxygens (including phenoxy) is 1. The first-order chi connectivity index (χ1) is 13.2. The molecule has 0 spiro atoms. The highest BCUT2D eigenvalue weighted by Gasteiger charge is 2.01. The summed E-state index contributed by atoms with van der Waals surface area (Å²) in [5, 5.41) is 9.31. The van der Waals surface area contributed by atoms with Crippen molar-refractivity contribution in [2.75, 3.05) is 25.0 Å². The number of benzene rings is 1. The molecule has 0 bridgehead atoms. The number of hydrogen-bond acceptors (Lipinski definition) is 4. The number of furan rings is 1. The molecule has 3 N–H and O–H groups in total. The summed E-state index contributed by atoms with van der Waals surface area (Å²) in [6, 6.07) is 11.4. The molecule has 1 amide bonds. The van der Waals surface area contributed by atoms with E-state index in [1.54, 1.807) is 6.26 Å². The lowest BCUT2D eigenvalue weighted by Crippen LogP contribution is -2.38. The molecule has 0 radical (unpaired) electrons. The largest absolute Gasteiger partial charge is 0.467 e. The van der Waals surface area contributed by atoms with Crippen LogP contribution in [0.2, 0.25) is 0 Å². The number of hydrogen-bond donors (Lipinski definition) is 3. The Kier molecular flexibility index (Phi) is 12.0. The highest BCUT2D eigenvalue weighted by molar-refractivity contribution is 14.0. The number of carbonyl (C=O) groups excluding carboxylic acids is 1. The van der Waals surface area contributed by atoms with Crippen molar-refractivity contribution in [3.8, 4) is 0 Å². The maximum atomic E-state index is 11.2. The Morgan fingerprint density at radius 1 is 1.21 bits per heavy atom. The molecule has 0 aliphatic rings. The van der Waals surface area contributed by atoms with Crippen LogP contribution >= 0.6 is 24.0 Å². The van der Waals surface area contributed by atoms with Gasteiger partial charge in [-0.3, -0.25) is 4.79 Å². The third kappa shape index (κ3) is 9.75. The minimum Gasteiger partial charge on any atom is -0.467 e. The molecule has 2 rings (SSSR count). The van der Waals surface area contributed by atoms with E-state index in [0.29, 0.717) is 19.8 Å². The van der Waals surface area contributed by atoms with E-state index in [-0.39, 0.29) is 29.9 Å². The second kappa shape index (κ2) is 14.0. The van der Waals surface area contributed by atoms with Crippen LogP contribution in [0.1, 0.15) is 31.6 Å². The maximum absolute atomic E-state index is 11.2. The first-order valence-electron chi connectivity index (χ1n) is 9.16. The normalized spacial score (nSPS) is 10.9. The molecule has 1 aromatic heterocycles. The van der Waals surface area contributed by atoms with E-state index < -0.39 is 0 Å². The van der Waals surface area contributed by atoms with Gasteiger partial charge in [0.25, 0.3) is 0 Å². The van der Waals surface area contributed by atoms with Gasteiger partial charge in [0, 0.05) is 32.3 Å². The Bertz CT molecular complexity index is 720. The van der Waals surface area contributed by atoms with Crippen LogP contribution in [0.15, 0.2) is 52.1 Å². The molecule has 0 atom stereocenters. The molecule has 8 heteroatoms. The second-order valence-electron chi connectivity index (χ2n) is 5.99. The monoisotopic (exact) mass is 500 g/mol. The summed E-state index contributed by atoms with van der Waals surface area (Å²) < 4.78 is 10.8. The van der Waals surface area contributed by atoms with Gasteiger partial charge in [-0.2, -0.15) is 0 Å². The zero-order valence-corrected chi connectivity index (χ0v) is 18.7. The molecule has 0 unspecified atom stereocenters. The SMILES string of the molecule is CCNC(=NCc1cccc(NC(C)=O)c1)NCCCOCc1ccco1.I. The van der Waals surface area contributed by atoms with Crippen molar-refractivity contribution in [1.82, 2.24) is 10.6 Å². The molecule has 2 aromatic rings. The summed E-state index contributed by atoms with van der Waals surface area (Å²) in [7, 11) is 0. The average Bonchev–Trinajstić information content (AvgIpc) is 3.15. The van der Waals surface area contributed by atoms with Crippen molar-refractivity contribution in [2.24, 2.45) is 4.99 Å².